The molecule has 0 bridgehead atoms. The molecule has 0 saturated heterocycles. The van der Waals surface area contributed by atoms with Crippen molar-refractivity contribution < 1.29 is 4.79 Å². The molecule has 1 aromatic heterocycles. The van der Waals surface area contributed by atoms with Crippen LogP contribution in [0.2, 0.25) is 0 Å². The highest BCUT2D eigenvalue weighted by molar-refractivity contribution is 9.11. The molecular formula is C11H15BrN2OS. The third-order valence-electron chi connectivity index (χ3n) is 2.53. The van der Waals surface area contributed by atoms with E-state index >= 15 is 0 Å². The number of halogens is 1. The van der Waals surface area contributed by atoms with Crippen LogP contribution in [0.5, 0.6) is 0 Å². The summed E-state index contributed by atoms with van der Waals surface area (Å²) in [7, 11) is 0. The molecule has 0 atom stereocenters. The van der Waals surface area contributed by atoms with Crippen LogP contribution in [0.4, 0.5) is 4.79 Å². The zero-order valence-corrected chi connectivity index (χ0v) is 11.4. The van der Waals surface area contributed by atoms with E-state index in [0.29, 0.717) is 6.54 Å². The standard InChI is InChI=1S/C11H15BrN2OS/c12-10-4-3-9(16-10)5-6-13-11(15)14-7-8-1-2-8/h3-4,8H,1-2,5-7H2,(H2,13,14,15). The van der Waals surface area contributed by atoms with E-state index in [1.54, 1.807) is 11.3 Å². The van der Waals surface area contributed by atoms with Gasteiger partial charge in [-0.1, -0.05) is 0 Å². The van der Waals surface area contributed by atoms with Crippen molar-refractivity contribution in [2.75, 3.05) is 13.1 Å². The highest BCUT2D eigenvalue weighted by atomic mass is 79.9. The Labute approximate surface area is 108 Å². The van der Waals surface area contributed by atoms with Crippen LogP contribution in [-0.2, 0) is 6.42 Å². The first-order valence-corrected chi connectivity index (χ1v) is 7.11. The molecule has 5 heteroatoms. The van der Waals surface area contributed by atoms with Gasteiger partial charge in [0.15, 0.2) is 0 Å². The van der Waals surface area contributed by atoms with Crippen molar-refractivity contribution in [1.29, 1.82) is 0 Å². The smallest absolute Gasteiger partial charge is 0.314 e. The van der Waals surface area contributed by atoms with Crippen LogP contribution in [-0.4, -0.2) is 19.1 Å². The second-order valence-electron chi connectivity index (χ2n) is 4.04. The third kappa shape index (κ3) is 4.14. The molecule has 1 saturated carbocycles. The third-order valence-corrected chi connectivity index (χ3v) is 4.22. The number of nitrogens with one attached hydrogen (secondary N) is 2. The van der Waals surface area contributed by atoms with Gasteiger partial charge in [0.1, 0.15) is 0 Å². The van der Waals surface area contributed by atoms with Crippen LogP contribution in [0.1, 0.15) is 17.7 Å². The maximum atomic E-state index is 11.3. The van der Waals surface area contributed by atoms with Gasteiger partial charge >= 0.3 is 6.03 Å². The summed E-state index contributed by atoms with van der Waals surface area (Å²) in [5.74, 6) is 0.735. The van der Waals surface area contributed by atoms with E-state index in [4.69, 9.17) is 0 Å². The van der Waals surface area contributed by atoms with E-state index in [0.717, 1.165) is 22.7 Å². The first kappa shape index (κ1) is 11.9. The summed E-state index contributed by atoms with van der Waals surface area (Å²) in [6, 6.07) is 4.08. The van der Waals surface area contributed by atoms with Gasteiger partial charge in [-0.2, -0.15) is 0 Å². The van der Waals surface area contributed by atoms with Crippen LogP contribution in [0.3, 0.4) is 0 Å². The molecule has 0 aromatic carbocycles. The topological polar surface area (TPSA) is 41.1 Å². The molecule has 1 fully saturated rings. The first-order chi connectivity index (χ1) is 7.74. The van der Waals surface area contributed by atoms with E-state index < -0.39 is 0 Å². The van der Waals surface area contributed by atoms with Crippen LogP contribution in [0.15, 0.2) is 15.9 Å². The number of carbonyl (C=O) groups is 1. The molecule has 1 aliphatic carbocycles. The Morgan fingerprint density at radius 3 is 2.88 bits per heavy atom. The lowest BCUT2D eigenvalue weighted by Gasteiger charge is -2.05. The van der Waals surface area contributed by atoms with Crippen molar-refractivity contribution in [3.63, 3.8) is 0 Å². The lowest BCUT2D eigenvalue weighted by atomic mass is 10.3. The van der Waals surface area contributed by atoms with Crippen molar-refractivity contribution in [2.24, 2.45) is 5.92 Å². The average molecular weight is 303 g/mol. The summed E-state index contributed by atoms with van der Waals surface area (Å²) in [4.78, 5) is 12.6. The van der Waals surface area contributed by atoms with Gasteiger partial charge in [0.05, 0.1) is 3.79 Å². The summed E-state index contributed by atoms with van der Waals surface area (Å²) in [5.41, 5.74) is 0. The number of hydrogen-bond donors (Lipinski definition) is 2. The fraction of sp³-hybridized carbons (Fsp3) is 0.545. The lowest BCUT2D eigenvalue weighted by molar-refractivity contribution is 0.240. The SMILES string of the molecule is O=C(NCCc1ccc(Br)s1)NCC1CC1. The minimum atomic E-state index is -0.0393. The Balaban J connectivity index is 1.57. The highest BCUT2D eigenvalue weighted by Crippen LogP contribution is 2.27. The molecule has 3 nitrogen and oxygen atoms in total. The molecule has 2 rings (SSSR count). The molecule has 88 valence electrons. The zero-order valence-electron chi connectivity index (χ0n) is 8.96. The lowest BCUT2D eigenvalue weighted by Crippen LogP contribution is -2.37. The largest absolute Gasteiger partial charge is 0.338 e. The van der Waals surface area contributed by atoms with Gasteiger partial charge in [-0.15, -0.1) is 11.3 Å². The van der Waals surface area contributed by atoms with E-state index in [2.05, 4.69) is 32.6 Å². The summed E-state index contributed by atoms with van der Waals surface area (Å²) in [5, 5.41) is 5.75. The van der Waals surface area contributed by atoms with Crippen molar-refractivity contribution in [1.82, 2.24) is 10.6 Å². The molecule has 0 aliphatic heterocycles. The van der Waals surface area contributed by atoms with E-state index in [1.165, 1.54) is 17.7 Å². The normalized spacial score (nSPS) is 14.8. The maximum absolute atomic E-state index is 11.3. The zero-order chi connectivity index (χ0) is 11.4. The molecular weight excluding hydrogens is 288 g/mol. The summed E-state index contributed by atoms with van der Waals surface area (Å²) in [6.45, 7) is 1.53. The number of hydrogen-bond acceptors (Lipinski definition) is 2. The van der Waals surface area contributed by atoms with E-state index in [1.807, 2.05) is 6.07 Å². The van der Waals surface area contributed by atoms with Gasteiger partial charge in [0.25, 0.3) is 0 Å². The Morgan fingerprint density at radius 1 is 1.44 bits per heavy atom. The highest BCUT2D eigenvalue weighted by Gasteiger charge is 2.21. The van der Waals surface area contributed by atoms with Gasteiger partial charge < -0.3 is 10.6 Å². The number of thiophene rings is 1. The molecule has 0 unspecified atom stereocenters. The number of urea groups is 1. The second-order valence-corrected chi connectivity index (χ2v) is 6.58. The minimum absolute atomic E-state index is 0.0393. The monoisotopic (exact) mass is 302 g/mol. The van der Waals surface area contributed by atoms with Crippen LogP contribution < -0.4 is 10.6 Å². The quantitative estimate of drug-likeness (QED) is 0.863. The number of amides is 2. The predicted octanol–water partition coefficient (Wildman–Crippen LogP) is 2.76. The second kappa shape index (κ2) is 5.68. The average Bonchev–Trinajstić information content (AvgIpc) is 2.99. The number of carbonyl (C=O) groups excluding carboxylic acids is 1. The Morgan fingerprint density at radius 2 is 2.25 bits per heavy atom. The van der Waals surface area contributed by atoms with E-state index in [-0.39, 0.29) is 6.03 Å². The summed E-state index contributed by atoms with van der Waals surface area (Å²) < 4.78 is 1.14. The van der Waals surface area contributed by atoms with Crippen molar-refractivity contribution >= 4 is 33.3 Å². The van der Waals surface area contributed by atoms with Gasteiger partial charge in [-0.3, -0.25) is 0 Å². The molecule has 0 radical (unpaired) electrons. The van der Waals surface area contributed by atoms with Crippen LogP contribution in [0, 0.1) is 5.92 Å². The predicted molar refractivity (Wildman–Crippen MR) is 69.8 cm³/mol. The fourth-order valence-electron chi connectivity index (χ4n) is 1.41. The molecule has 1 aliphatic rings. The fourth-order valence-corrected chi connectivity index (χ4v) is 2.89. The Hall–Kier alpha value is -0.550. The molecule has 2 N–H and O–H groups in total. The summed E-state index contributed by atoms with van der Waals surface area (Å²) in [6.07, 6.45) is 3.43. The first-order valence-electron chi connectivity index (χ1n) is 5.50. The van der Waals surface area contributed by atoms with Gasteiger partial charge in [-0.05, 0) is 53.2 Å². The minimum Gasteiger partial charge on any atom is -0.338 e. The molecule has 1 heterocycles. The molecule has 2 amide bonds. The van der Waals surface area contributed by atoms with Crippen molar-refractivity contribution in [3.8, 4) is 0 Å². The van der Waals surface area contributed by atoms with Gasteiger partial charge in [-0.25, -0.2) is 4.79 Å². The summed E-state index contributed by atoms with van der Waals surface area (Å²) >= 11 is 5.13. The Kier molecular flexibility index (Phi) is 4.23. The van der Waals surface area contributed by atoms with E-state index in [9.17, 15) is 4.79 Å². The molecule has 1 aromatic rings. The Bertz CT molecular complexity index is 363. The van der Waals surface area contributed by atoms with Crippen molar-refractivity contribution in [3.05, 3.63) is 20.8 Å². The van der Waals surface area contributed by atoms with Gasteiger partial charge in [0.2, 0.25) is 0 Å². The van der Waals surface area contributed by atoms with Crippen molar-refractivity contribution in [2.45, 2.75) is 19.3 Å². The maximum Gasteiger partial charge on any atom is 0.314 e. The van der Waals surface area contributed by atoms with Crippen LogP contribution >= 0.6 is 27.3 Å². The van der Waals surface area contributed by atoms with Crippen LogP contribution in [0.25, 0.3) is 0 Å². The van der Waals surface area contributed by atoms with Gasteiger partial charge in [0, 0.05) is 18.0 Å². The molecule has 16 heavy (non-hydrogen) atoms. The molecule has 0 spiro atoms. The number of rotatable bonds is 5.